The first-order chi connectivity index (χ1) is 10.7. The molecule has 0 N–H and O–H groups in total. The smallest absolute Gasteiger partial charge is 0.141 e. The van der Waals surface area contributed by atoms with E-state index < -0.39 is 0 Å². The summed E-state index contributed by atoms with van der Waals surface area (Å²) in [6.07, 6.45) is 6.14. The Labute approximate surface area is 131 Å². The molecule has 0 saturated carbocycles. The van der Waals surface area contributed by atoms with Gasteiger partial charge in [-0.1, -0.05) is 41.6 Å². The summed E-state index contributed by atoms with van der Waals surface area (Å²) in [7, 11) is 0. The molecule has 2 aliphatic rings. The van der Waals surface area contributed by atoms with Crippen LogP contribution in [0.3, 0.4) is 0 Å². The molecule has 3 heterocycles. The van der Waals surface area contributed by atoms with Crippen LogP contribution in [-0.2, 0) is 6.54 Å². The van der Waals surface area contributed by atoms with Gasteiger partial charge in [0.1, 0.15) is 5.76 Å². The minimum Gasteiger partial charge on any atom is -0.361 e. The van der Waals surface area contributed by atoms with Crippen LogP contribution in [0.4, 0.5) is 0 Å². The predicted molar refractivity (Wildman–Crippen MR) is 87.4 cm³/mol. The van der Waals surface area contributed by atoms with Crippen LogP contribution < -0.4 is 0 Å². The number of benzene rings is 1. The van der Waals surface area contributed by atoms with Crippen molar-refractivity contribution in [3.05, 3.63) is 59.0 Å². The Balaban J connectivity index is 1.60. The molecule has 114 valence electrons. The standard InChI is InChI=1S/C19H22N2O/c1-13-19(14(2)22-20-13)16-10-17-8-9-18(11-16)21(17)12-15-6-4-3-5-7-15/h3-7,10,17-18H,8-9,11-12H2,1-2H3. The highest BCUT2D eigenvalue weighted by molar-refractivity contribution is 5.70. The Bertz CT molecular complexity index is 682. The van der Waals surface area contributed by atoms with E-state index in [4.69, 9.17) is 4.52 Å². The van der Waals surface area contributed by atoms with Crippen LogP contribution in [0.15, 0.2) is 40.9 Å². The average Bonchev–Trinajstić information content (AvgIpc) is 2.96. The second kappa shape index (κ2) is 5.40. The quantitative estimate of drug-likeness (QED) is 0.853. The maximum absolute atomic E-state index is 5.36. The number of hydrogen-bond acceptors (Lipinski definition) is 3. The fourth-order valence-electron chi connectivity index (χ4n) is 4.09. The van der Waals surface area contributed by atoms with Gasteiger partial charge in [-0.2, -0.15) is 0 Å². The topological polar surface area (TPSA) is 29.3 Å². The van der Waals surface area contributed by atoms with Gasteiger partial charge in [0.15, 0.2) is 0 Å². The van der Waals surface area contributed by atoms with E-state index in [-0.39, 0.29) is 0 Å². The van der Waals surface area contributed by atoms with Gasteiger partial charge in [-0.15, -0.1) is 0 Å². The summed E-state index contributed by atoms with van der Waals surface area (Å²) in [4.78, 5) is 2.66. The lowest BCUT2D eigenvalue weighted by Gasteiger charge is -2.34. The Morgan fingerprint density at radius 1 is 1.18 bits per heavy atom. The molecular weight excluding hydrogens is 272 g/mol. The SMILES string of the molecule is Cc1noc(C)c1C1=CC2CCC(C1)N2Cc1ccccc1. The van der Waals surface area contributed by atoms with Gasteiger partial charge in [0.25, 0.3) is 0 Å². The highest BCUT2D eigenvalue weighted by Crippen LogP contribution is 2.40. The third-order valence-corrected chi connectivity index (χ3v) is 5.10. The number of hydrogen-bond donors (Lipinski definition) is 0. The fraction of sp³-hybridized carbons (Fsp3) is 0.421. The zero-order valence-electron chi connectivity index (χ0n) is 13.2. The van der Waals surface area contributed by atoms with Gasteiger partial charge < -0.3 is 4.52 Å². The van der Waals surface area contributed by atoms with E-state index in [1.54, 1.807) is 0 Å². The number of aryl methyl sites for hydroxylation is 2. The fourth-order valence-corrected chi connectivity index (χ4v) is 4.09. The molecule has 2 aliphatic heterocycles. The molecular formula is C19H22N2O. The number of aromatic nitrogens is 1. The van der Waals surface area contributed by atoms with Gasteiger partial charge in [0.05, 0.1) is 5.69 Å². The second-order valence-electron chi connectivity index (χ2n) is 6.55. The van der Waals surface area contributed by atoms with Crippen molar-refractivity contribution >= 4 is 5.57 Å². The van der Waals surface area contributed by atoms with E-state index in [2.05, 4.69) is 46.5 Å². The first-order valence-corrected chi connectivity index (χ1v) is 8.16. The first kappa shape index (κ1) is 13.8. The molecule has 0 radical (unpaired) electrons. The molecule has 0 spiro atoms. The maximum atomic E-state index is 5.36. The van der Waals surface area contributed by atoms with E-state index in [1.807, 2.05) is 13.8 Å². The van der Waals surface area contributed by atoms with Crippen molar-refractivity contribution in [2.75, 3.05) is 0 Å². The lowest BCUT2D eigenvalue weighted by molar-refractivity contribution is 0.203. The lowest BCUT2D eigenvalue weighted by atomic mass is 9.93. The zero-order valence-corrected chi connectivity index (χ0v) is 13.2. The molecule has 1 aromatic heterocycles. The first-order valence-electron chi connectivity index (χ1n) is 8.16. The molecule has 3 nitrogen and oxygen atoms in total. The number of rotatable bonds is 3. The van der Waals surface area contributed by atoms with E-state index in [0.29, 0.717) is 12.1 Å². The summed E-state index contributed by atoms with van der Waals surface area (Å²) in [5.74, 6) is 0.958. The van der Waals surface area contributed by atoms with E-state index in [9.17, 15) is 0 Å². The molecule has 1 aromatic carbocycles. The van der Waals surface area contributed by atoms with Crippen LogP contribution in [0, 0.1) is 13.8 Å². The maximum Gasteiger partial charge on any atom is 0.141 e. The highest BCUT2D eigenvalue weighted by Gasteiger charge is 2.37. The van der Waals surface area contributed by atoms with Gasteiger partial charge in [0.2, 0.25) is 0 Å². The van der Waals surface area contributed by atoms with Crippen molar-refractivity contribution < 1.29 is 4.52 Å². The van der Waals surface area contributed by atoms with Crippen LogP contribution in [-0.4, -0.2) is 22.1 Å². The van der Waals surface area contributed by atoms with Gasteiger partial charge in [-0.05, 0) is 44.2 Å². The summed E-state index contributed by atoms with van der Waals surface area (Å²) in [5, 5.41) is 4.12. The molecule has 2 aromatic rings. The van der Waals surface area contributed by atoms with Crippen molar-refractivity contribution in [2.45, 2.75) is 51.7 Å². The largest absolute Gasteiger partial charge is 0.361 e. The molecule has 22 heavy (non-hydrogen) atoms. The third-order valence-electron chi connectivity index (χ3n) is 5.10. The van der Waals surface area contributed by atoms with Crippen molar-refractivity contribution in [3.63, 3.8) is 0 Å². The minimum atomic E-state index is 0.558. The Kier molecular flexibility index (Phi) is 3.38. The van der Waals surface area contributed by atoms with Gasteiger partial charge in [0, 0.05) is 24.2 Å². The van der Waals surface area contributed by atoms with Crippen LogP contribution in [0.5, 0.6) is 0 Å². The van der Waals surface area contributed by atoms with E-state index in [1.165, 1.54) is 29.5 Å². The summed E-state index contributed by atoms with van der Waals surface area (Å²) >= 11 is 0. The van der Waals surface area contributed by atoms with Gasteiger partial charge >= 0.3 is 0 Å². The summed E-state index contributed by atoms with van der Waals surface area (Å²) in [6.45, 7) is 5.13. The Hall–Kier alpha value is -1.87. The highest BCUT2D eigenvalue weighted by atomic mass is 16.5. The molecule has 2 unspecified atom stereocenters. The number of nitrogens with zero attached hydrogens (tertiary/aromatic N) is 2. The summed E-state index contributed by atoms with van der Waals surface area (Å²) < 4.78 is 5.36. The molecule has 4 rings (SSSR count). The third kappa shape index (κ3) is 2.30. The average molecular weight is 294 g/mol. The minimum absolute atomic E-state index is 0.558. The Morgan fingerprint density at radius 3 is 2.68 bits per heavy atom. The van der Waals surface area contributed by atoms with Crippen LogP contribution in [0.25, 0.3) is 5.57 Å². The van der Waals surface area contributed by atoms with Crippen molar-refractivity contribution in [2.24, 2.45) is 0 Å². The summed E-state index contributed by atoms with van der Waals surface area (Å²) in [6, 6.07) is 12.0. The second-order valence-corrected chi connectivity index (χ2v) is 6.55. The normalized spacial score (nSPS) is 24.5. The number of fused-ring (bicyclic) bond motifs is 2. The monoisotopic (exact) mass is 294 g/mol. The van der Waals surface area contributed by atoms with E-state index in [0.717, 1.165) is 24.4 Å². The van der Waals surface area contributed by atoms with Gasteiger partial charge in [-0.3, -0.25) is 4.90 Å². The Morgan fingerprint density at radius 2 is 2.00 bits per heavy atom. The molecule has 1 saturated heterocycles. The molecule has 3 heteroatoms. The molecule has 1 fully saturated rings. The predicted octanol–water partition coefficient (Wildman–Crippen LogP) is 4.11. The van der Waals surface area contributed by atoms with Crippen LogP contribution >= 0.6 is 0 Å². The molecule has 2 atom stereocenters. The molecule has 2 bridgehead atoms. The van der Waals surface area contributed by atoms with E-state index >= 15 is 0 Å². The van der Waals surface area contributed by atoms with Crippen molar-refractivity contribution in [1.29, 1.82) is 0 Å². The molecule has 0 aliphatic carbocycles. The van der Waals surface area contributed by atoms with Crippen LogP contribution in [0.2, 0.25) is 0 Å². The van der Waals surface area contributed by atoms with Gasteiger partial charge in [-0.25, -0.2) is 0 Å². The van der Waals surface area contributed by atoms with Crippen LogP contribution in [0.1, 0.15) is 41.8 Å². The van der Waals surface area contributed by atoms with Crippen molar-refractivity contribution in [1.82, 2.24) is 10.1 Å². The summed E-state index contributed by atoms with van der Waals surface area (Å²) in [5.41, 5.74) is 5.12. The van der Waals surface area contributed by atoms with Crippen molar-refractivity contribution in [3.8, 4) is 0 Å². The zero-order chi connectivity index (χ0) is 15.1. The lowest BCUT2D eigenvalue weighted by Crippen LogP contribution is -2.37. The molecule has 0 amide bonds.